The number of benzene rings is 1. The fraction of sp³-hybridized carbons (Fsp3) is 0.529. The van der Waals surface area contributed by atoms with E-state index in [4.69, 9.17) is 9.84 Å². The molecular formula is C17H21NO4. The summed E-state index contributed by atoms with van der Waals surface area (Å²) < 4.78 is 5.42. The standard InChI is InChI=1S/C17H21NO4/c19-16(20)10-15-11-18(7-8-22-15)17(21)14-6-5-12-3-1-2-4-13(12)9-14/h5-6,9,15H,1-4,7-8,10-11H2,(H,19,20). The summed E-state index contributed by atoms with van der Waals surface area (Å²) in [7, 11) is 0. The molecule has 3 rings (SSSR count). The normalized spacial score (nSPS) is 21.3. The molecule has 0 spiro atoms. The number of amides is 1. The maximum atomic E-state index is 12.6. The minimum atomic E-state index is -0.895. The van der Waals surface area contributed by atoms with Gasteiger partial charge in [-0.15, -0.1) is 0 Å². The molecule has 118 valence electrons. The summed E-state index contributed by atoms with van der Waals surface area (Å²) >= 11 is 0. The van der Waals surface area contributed by atoms with Gasteiger partial charge in [0.15, 0.2) is 0 Å². The maximum absolute atomic E-state index is 12.6. The SMILES string of the molecule is O=C(O)CC1CN(C(=O)c2ccc3c(c2)CCCC3)CCO1. The van der Waals surface area contributed by atoms with E-state index in [2.05, 4.69) is 6.07 Å². The zero-order valence-electron chi connectivity index (χ0n) is 12.6. The Bertz CT molecular complexity index is 584. The van der Waals surface area contributed by atoms with Gasteiger partial charge in [-0.25, -0.2) is 0 Å². The molecule has 1 aromatic carbocycles. The number of fused-ring (bicyclic) bond motifs is 1. The van der Waals surface area contributed by atoms with Gasteiger partial charge >= 0.3 is 5.97 Å². The molecule has 1 amide bonds. The van der Waals surface area contributed by atoms with Crippen LogP contribution in [0.1, 0.15) is 40.7 Å². The molecule has 2 aliphatic rings. The van der Waals surface area contributed by atoms with E-state index >= 15 is 0 Å². The second-order valence-corrected chi connectivity index (χ2v) is 6.03. The van der Waals surface area contributed by atoms with Crippen molar-refractivity contribution in [3.8, 4) is 0 Å². The van der Waals surface area contributed by atoms with E-state index in [-0.39, 0.29) is 12.3 Å². The van der Waals surface area contributed by atoms with Crippen LogP contribution >= 0.6 is 0 Å². The highest BCUT2D eigenvalue weighted by molar-refractivity contribution is 5.94. The molecule has 1 unspecified atom stereocenters. The average molecular weight is 303 g/mol. The molecule has 1 atom stereocenters. The smallest absolute Gasteiger partial charge is 0.306 e. The monoisotopic (exact) mass is 303 g/mol. The van der Waals surface area contributed by atoms with Gasteiger partial charge in [0.1, 0.15) is 0 Å². The first kappa shape index (κ1) is 15.0. The van der Waals surface area contributed by atoms with Crippen LogP contribution in [0.4, 0.5) is 0 Å². The van der Waals surface area contributed by atoms with Crippen LogP contribution < -0.4 is 0 Å². The first-order valence-corrected chi connectivity index (χ1v) is 7.88. The number of aryl methyl sites for hydroxylation is 2. The molecule has 0 aromatic heterocycles. The fourth-order valence-corrected chi connectivity index (χ4v) is 3.27. The lowest BCUT2D eigenvalue weighted by Crippen LogP contribution is -2.46. The quantitative estimate of drug-likeness (QED) is 0.926. The summed E-state index contributed by atoms with van der Waals surface area (Å²) in [6, 6.07) is 5.98. The number of carbonyl (C=O) groups is 2. The number of hydrogen-bond donors (Lipinski definition) is 1. The number of ether oxygens (including phenoxy) is 1. The highest BCUT2D eigenvalue weighted by atomic mass is 16.5. The van der Waals surface area contributed by atoms with Gasteiger partial charge in [0.25, 0.3) is 5.91 Å². The molecule has 1 aliphatic carbocycles. The van der Waals surface area contributed by atoms with E-state index in [1.165, 1.54) is 24.0 Å². The average Bonchev–Trinajstić information content (AvgIpc) is 2.53. The molecular weight excluding hydrogens is 282 g/mol. The van der Waals surface area contributed by atoms with Crippen LogP contribution in [0.15, 0.2) is 18.2 Å². The van der Waals surface area contributed by atoms with Gasteiger partial charge in [-0.05, 0) is 48.9 Å². The zero-order valence-corrected chi connectivity index (χ0v) is 12.6. The lowest BCUT2D eigenvalue weighted by atomic mass is 9.90. The summed E-state index contributed by atoms with van der Waals surface area (Å²) in [4.78, 5) is 25.1. The molecule has 1 aromatic rings. The molecule has 1 aliphatic heterocycles. The number of hydrogen-bond acceptors (Lipinski definition) is 3. The fourth-order valence-electron chi connectivity index (χ4n) is 3.27. The van der Waals surface area contributed by atoms with Crippen molar-refractivity contribution in [1.82, 2.24) is 4.90 Å². The number of aliphatic carboxylic acids is 1. The van der Waals surface area contributed by atoms with Gasteiger partial charge in [-0.3, -0.25) is 9.59 Å². The van der Waals surface area contributed by atoms with E-state index < -0.39 is 12.1 Å². The van der Waals surface area contributed by atoms with Gasteiger partial charge in [-0.1, -0.05) is 6.07 Å². The van der Waals surface area contributed by atoms with Crippen molar-refractivity contribution in [1.29, 1.82) is 0 Å². The van der Waals surface area contributed by atoms with E-state index in [0.29, 0.717) is 25.3 Å². The van der Waals surface area contributed by atoms with Crippen molar-refractivity contribution in [2.24, 2.45) is 0 Å². The Morgan fingerprint density at radius 1 is 1.23 bits per heavy atom. The van der Waals surface area contributed by atoms with Crippen molar-refractivity contribution in [2.45, 2.75) is 38.2 Å². The number of carboxylic acids is 1. The van der Waals surface area contributed by atoms with Crippen molar-refractivity contribution in [2.75, 3.05) is 19.7 Å². The molecule has 0 bridgehead atoms. The topological polar surface area (TPSA) is 66.8 Å². The molecule has 1 saturated heterocycles. The van der Waals surface area contributed by atoms with Crippen molar-refractivity contribution in [3.05, 3.63) is 34.9 Å². The first-order chi connectivity index (χ1) is 10.6. The van der Waals surface area contributed by atoms with Gasteiger partial charge in [0.05, 0.1) is 19.1 Å². The molecule has 0 radical (unpaired) electrons. The third kappa shape index (κ3) is 3.30. The van der Waals surface area contributed by atoms with Gasteiger partial charge in [0.2, 0.25) is 0 Å². The minimum absolute atomic E-state index is 0.0212. The number of morpholine rings is 1. The second kappa shape index (κ2) is 6.48. The Morgan fingerprint density at radius 2 is 2.00 bits per heavy atom. The Morgan fingerprint density at radius 3 is 2.77 bits per heavy atom. The second-order valence-electron chi connectivity index (χ2n) is 6.03. The molecule has 5 heteroatoms. The number of rotatable bonds is 3. The largest absolute Gasteiger partial charge is 0.481 e. The van der Waals surface area contributed by atoms with Crippen LogP contribution in [0.2, 0.25) is 0 Å². The molecule has 1 fully saturated rings. The lowest BCUT2D eigenvalue weighted by Gasteiger charge is -2.32. The molecule has 5 nitrogen and oxygen atoms in total. The summed E-state index contributed by atoms with van der Waals surface area (Å²) in [6.07, 6.45) is 4.08. The number of carbonyl (C=O) groups excluding carboxylic acids is 1. The van der Waals surface area contributed by atoms with Gasteiger partial charge in [0, 0.05) is 18.7 Å². The minimum Gasteiger partial charge on any atom is -0.481 e. The van der Waals surface area contributed by atoms with Crippen LogP contribution in [0.3, 0.4) is 0 Å². The van der Waals surface area contributed by atoms with Crippen molar-refractivity contribution < 1.29 is 19.4 Å². The molecule has 1 heterocycles. The van der Waals surface area contributed by atoms with Crippen LogP contribution in [0.5, 0.6) is 0 Å². The predicted molar refractivity (Wildman–Crippen MR) is 81.0 cm³/mol. The van der Waals surface area contributed by atoms with Crippen LogP contribution in [0.25, 0.3) is 0 Å². The molecule has 22 heavy (non-hydrogen) atoms. The highest BCUT2D eigenvalue weighted by Crippen LogP contribution is 2.23. The highest BCUT2D eigenvalue weighted by Gasteiger charge is 2.27. The van der Waals surface area contributed by atoms with Crippen LogP contribution in [0, 0.1) is 0 Å². The summed E-state index contributed by atoms with van der Waals surface area (Å²) in [5, 5.41) is 8.86. The van der Waals surface area contributed by atoms with E-state index in [0.717, 1.165) is 12.8 Å². The molecule has 0 saturated carbocycles. The Balaban J connectivity index is 1.71. The maximum Gasteiger partial charge on any atom is 0.306 e. The summed E-state index contributed by atoms with van der Waals surface area (Å²) in [5.74, 6) is -0.917. The van der Waals surface area contributed by atoms with E-state index in [9.17, 15) is 9.59 Å². The number of carboxylic acid groups (broad SMARTS) is 1. The Hall–Kier alpha value is -1.88. The third-order valence-electron chi connectivity index (χ3n) is 4.42. The summed E-state index contributed by atoms with van der Waals surface area (Å²) in [6.45, 7) is 1.27. The van der Waals surface area contributed by atoms with Crippen LogP contribution in [-0.4, -0.2) is 47.7 Å². The lowest BCUT2D eigenvalue weighted by molar-refractivity contribution is -0.141. The van der Waals surface area contributed by atoms with Crippen molar-refractivity contribution in [3.63, 3.8) is 0 Å². The number of nitrogens with zero attached hydrogens (tertiary/aromatic N) is 1. The predicted octanol–water partition coefficient (Wildman–Crippen LogP) is 1.88. The third-order valence-corrected chi connectivity index (χ3v) is 4.42. The van der Waals surface area contributed by atoms with Gasteiger partial charge in [-0.2, -0.15) is 0 Å². The van der Waals surface area contributed by atoms with E-state index in [1.54, 1.807) is 4.90 Å². The zero-order chi connectivity index (χ0) is 15.5. The van der Waals surface area contributed by atoms with Crippen LogP contribution in [-0.2, 0) is 22.4 Å². The van der Waals surface area contributed by atoms with E-state index in [1.807, 2.05) is 12.1 Å². The van der Waals surface area contributed by atoms with Gasteiger partial charge < -0.3 is 14.7 Å². The Kier molecular flexibility index (Phi) is 4.43. The van der Waals surface area contributed by atoms with Crippen molar-refractivity contribution >= 4 is 11.9 Å². The summed E-state index contributed by atoms with van der Waals surface area (Å²) in [5.41, 5.74) is 3.35. The molecule has 1 N–H and O–H groups in total. The first-order valence-electron chi connectivity index (χ1n) is 7.88. The Labute approximate surface area is 129 Å².